The Morgan fingerprint density at radius 2 is 2.38 bits per heavy atom. The van der Waals surface area contributed by atoms with E-state index in [1.54, 1.807) is 0 Å². The van der Waals surface area contributed by atoms with Crippen LogP contribution in [0.5, 0.6) is 0 Å². The summed E-state index contributed by atoms with van der Waals surface area (Å²) in [5.41, 5.74) is 8.34. The van der Waals surface area contributed by atoms with E-state index in [4.69, 9.17) is 5.73 Å². The van der Waals surface area contributed by atoms with E-state index in [0.717, 1.165) is 24.1 Å². The minimum absolute atomic E-state index is 0.414. The van der Waals surface area contributed by atoms with Crippen molar-refractivity contribution in [2.45, 2.75) is 13.0 Å². The molecule has 1 fully saturated rings. The third-order valence-electron chi connectivity index (χ3n) is 3.04. The Labute approximate surface area is 105 Å². The van der Waals surface area contributed by atoms with E-state index < -0.39 is 0 Å². The van der Waals surface area contributed by atoms with E-state index in [1.807, 2.05) is 0 Å². The molecule has 0 aromatic heterocycles. The second kappa shape index (κ2) is 5.17. The predicted molar refractivity (Wildman–Crippen MR) is 71.9 cm³/mol. The van der Waals surface area contributed by atoms with Crippen molar-refractivity contribution in [2.75, 3.05) is 31.1 Å². The van der Waals surface area contributed by atoms with E-state index in [0.29, 0.717) is 12.6 Å². The van der Waals surface area contributed by atoms with Gasteiger partial charge in [0.1, 0.15) is 0 Å². The molecule has 1 unspecified atom stereocenters. The fourth-order valence-electron chi connectivity index (χ4n) is 2.18. The second-order valence-corrected chi connectivity index (χ2v) is 5.18. The first-order valence-electron chi connectivity index (χ1n) is 5.65. The number of anilines is 1. The summed E-state index contributed by atoms with van der Waals surface area (Å²) in [5, 5.41) is 3.42. The largest absolute Gasteiger partial charge is 0.368 e. The van der Waals surface area contributed by atoms with Gasteiger partial charge in [-0.3, -0.25) is 0 Å². The first kappa shape index (κ1) is 11.9. The van der Waals surface area contributed by atoms with Gasteiger partial charge in [-0.25, -0.2) is 0 Å². The monoisotopic (exact) mass is 283 g/mol. The molecule has 16 heavy (non-hydrogen) atoms. The highest BCUT2D eigenvalue weighted by molar-refractivity contribution is 9.10. The number of nitrogens with one attached hydrogen (secondary N) is 1. The van der Waals surface area contributed by atoms with Crippen LogP contribution in [-0.4, -0.2) is 32.2 Å². The maximum Gasteiger partial charge on any atom is 0.0397 e. The van der Waals surface area contributed by atoms with Crippen LogP contribution in [-0.2, 0) is 0 Å². The van der Waals surface area contributed by atoms with Crippen molar-refractivity contribution in [2.24, 2.45) is 5.73 Å². The zero-order chi connectivity index (χ0) is 11.5. The van der Waals surface area contributed by atoms with Crippen LogP contribution in [0.15, 0.2) is 22.7 Å². The molecule has 1 aliphatic rings. The molecule has 0 radical (unpaired) electrons. The van der Waals surface area contributed by atoms with E-state index in [1.165, 1.54) is 11.3 Å². The summed E-state index contributed by atoms with van der Waals surface area (Å²) in [6.07, 6.45) is 0. The van der Waals surface area contributed by atoms with Crippen molar-refractivity contribution < 1.29 is 0 Å². The van der Waals surface area contributed by atoms with E-state index in [-0.39, 0.29) is 0 Å². The first-order valence-corrected chi connectivity index (χ1v) is 6.44. The second-order valence-electron chi connectivity index (χ2n) is 4.26. The lowest BCUT2D eigenvalue weighted by Gasteiger charge is -2.35. The number of halogens is 1. The third-order valence-corrected chi connectivity index (χ3v) is 3.53. The number of aryl methyl sites for hydroxylation is 1. The highest BCUT2D eigenvalue weighted by Crippen LogP contribution is 2.24. The van der Waals surface area contributed by atoms with Gasteiger partial charge in [0.2, 0.25) is 0 Å². The number of hydrogen-bond donors (Lipinski definition) is 2. The van der Waals surface area contributed by atoms with Crippen LogP contribution in [0.2, 0.25) is 0 Å². The molecule has 1 atom stereocenters. The average molecular weight is 284 g/mol. The SMILES string of the molecule is Cc1cc(Br)ccc1N1CCNC(CN)C1. The summed E-state index contributed by atoms with van der Waals surface area (Å²) in [6.45, 7) is 5.92. The van der Waals surface area contributed by atoms with Crippen molar-refractivity contribution in [3.05, 3.63) is 28.2 Å². The molecule has 0 spiro atoms. The van der Waals surface area contributed by atoms with Gasteiger partial charge in [0.25, 0.3) is 0 Å². The Balaban J connectivity index is 2.16. The molecule has 1 aliphatic heterocycles. The minimum atomic E-state index is 0.414. The number of nitrogens with zero attached hydrogens (tertiary/aromatic N) is 1. The normalized spacial score (nSPS) is 21.2. The van der Waals surface area contributed by atoms with Crippen molar-refractivity contribution in [1.29, 1.82) is 0 Å². The van der Waals surface area contributed by atoms with Crippen molar-refractivity contribution in [3.8, 4) is 0 Å². The number of rotatable bonds is 2. The van der Waals surface area contributed by atoms with Crippen molar-refractivity contribution >= 4 is 21.6 Å². The predicted octanol–water partition coefficient (Wildman–Crippen LogP) is 1.49. The molecule has 0 aliphatic carbocycles. The highest BCUT2D eigenvalue weighted by Gasteiger charge is 2.19. The standard InChI is InChI=1S/C12H18BrN3/c1-9-6-10(13)2-3-12(9)16-5-4-15-11(7-14)8-16/h2-3,6,11,15H,4-5,7-8,14H2,1H3. The van der Waals surface area contributed by atoms with Crippen LogP contribution < -0.4 is 16.0 Å². The van der Waals surface area contributed by atoms with Crippen LogP contribution >= 0.6 is 15.9 Å². The molecule has 0 bridgehead atoms. The molecule has 88 valence electrons. The number of benzene rings is 1. The fourth-order valence-corrected chi connectivity index (χ4v) is 2.65. The van der Waals surface area contributed by atoms with Gasteiger partial charge >= 0.3 is 0 Å². The summed E-state index contributed by atoms with van der Waals surface area (Å²) < 4.78 is 1.14. The Kier molecular flexibility index (Phi) is 3.84. The minimum Gasteiger partial charge on any atom is -0.368 e. The molecule has 4 heteroatoms. The molecule has 0 saturated carbocycles. The summed E-state index contributed by atoms with van der Waals surface area (Å²) in [4.78, 5) is 2.41. The van der Waals surface area contributed by atoms with Gasteiger partial charge in [0, 0.05) is 42.4 Å². The first-order chi connectivity index (χ1) is 7.70. The maximum atomic E-state index is 5.71. The van der Waals surface area contributed by atoms with Crippen molar-refractivity contribution in [3.63, 3.8) is 0 Å². The summed E-state index contributed by atoms with van der Waals surface area (Å²) in [5.74, 6) is 0. The average Bonchev–Trinajstić information content (AvgIpc) is 2.29. The lowest BCUT2D eigenvalue weighted by atomic mass is 10.1. The molecular formula is C12H18BrN3. The van der Waals surface area contributed by atoms with Gasteiger partial charge < -0.3 is 16.0 Å². The van der Waals surface area contributed by atoms with Crippen molar-refractivity contribution in [1.82, 2.24) is 5.32 Å². The summed E-state index contributed by atoms with van der Waals surface area (Å²) in [6, 6.07) is 6.85. The molecule has 3 nitrogen and oxygen atoms in total. The molecule has 1 aromatic carbocycles. The smallest absolute Gasteiger partial charge is 0.0397 e. The molecule has 1 saturated heterocycles. The number of piperazine rings is 1. The van der Waals surface area contributed by atoms with E-state index >= 15 is 0 Å². The molecule has 0 amide bonds. The van der Waals surface area contributed by atoms with Crippen LogP contribution in [0.25, 0.3) is 0 Å². The highest BCUT2D eigenvalue weighted by atomic mass is 79.9. The van der Waals surface area contributed by atoms with Crippen LogP contribution in [0.1, 0.15) is 5.56 Å². The van der Waals surface area contributed by atoms with Crippen LogP contribution in [0.4, 0.5) is 5.69 Å². The van der Waals surface area contributed by atoms with Gasteiger partial charge in [-0.2, -0.15) is 0 Å². The quantitative estimate of drug-likeness (QED) is 0.864. The lowest BCUT2D eigenvalue weighted by molar-refractivity contribution is 0.463. The maximum absolute atomic E-state index is 5.71. The molecule has 1 aromatic rings. The van der Waals surface area contributed by atoms with Gasteiger partial charge in [-0.15, -0.1) is 0 Å². The lowest BCUT2D eigenvalue weighted by Crippen LogP contribution is -2.53. The van der Waals surface area contributed by atoms with E-state index in [2.05, 4.69) is 51.3 Å². The molecule has 3 N–H and O–H groups in total. The van der Waals surface area contributed by atoms with Crippen LogP contribution in [0, 0.1) is 6.92 Å². The van der Waals surface area contributed by atoms with Crippen LogP contribution in [0.3, 0.4) is 0 Å². The van der Waals surface area contributed by atoms with Gasteiger partial charge in [-0.1, -0.05) is 15.9 Å². The molecule has 1 heterocycles. The summed E-state index contributed by atoms with van der Waals surface area (Å²) >= 11 is 3.49. The van der Waals surface area contributed by atoms with Gasteiger partial charge in [0.15, 0.2) is 0 Å². The Bertz CT molecular complexity index is 367. The van der Waals surface area contributed by atoms with Gasteiger partial charge in [-0.05, 0) is 30.7 Å². The zero-order valence-corrected chi connectivity index (χ0v) is 11.1. The van der Waals surface area contributed by atoms with Gasteiger partial charge in [0.05, 0.1) is 0 Å². The van der Waals surface area contributed by atoms with E-state index in [9.17, 15) is 0 Å². The fraction of sp³-hybridized carbons (Fsp3) is 0.500. The molecular weight excluding hydrogens is 266 g/mol. The summed E-state index contributed by atoms with van der Waals surface area (Å²) in [7, 11) is 0. The topological polar surface area (TPSA) is 41.3 Å². The Morgan fingerprint density at radius 1 is 1.56 bits per heavy atom. The number of nitrogens with two attached hydrogens (primary N) is 1. The Morgan fingerprint density at radius 3 is 3.06 bits per heavy atom. The third kappa shape index (κ3) is 2.56. The number of hydrogen-bond acceptors (Lipinski definition) is 3. The molecule has 2 rings (SSSR count). The Hall–Kier alpha value is -0.580. The zero-order valence-electron chi connectivity index (χ0n) is 9.54.